The lowest BCUT2D eigenvalue weighted by atomic mass is 10.2. The van der Waals surface area contributed by atoms with E-state index in [1.165, 1.54) is 0 Å². The van der Waals surface area contributed by atoms with Crippen molar-refractivity contribution < 1.29 is 9.53 Å². The summed E-state index contributed by atoms with van der Waals surface area (Å²) in [5, 5.41) is 6.76. The van der Waals surface area contributed by atoms with Gasteiger partial charge in [0.25, 0.3) is 0 Å². The van der Waals surface area contributed by atoms with Crippen molar-refractivity contribution in [1.82, 2.24) is 0 Å². The second kappa shape index (κ2) is 8.03. The SMILES string of the molecule is COCc1ccccc1NCC(=O)Nc1cc(Cl)ccc1Cl. The number of methoxy groups -OCH3 is 1. The number of rotatable bonds is 6. The Kier molecular flexibility index (Phi) is 6.07. The van der Waals surface area contributed by atoms with Crippen LogP contribution in [0.1, 0.15) is 5.56 Å². The van der Waals surface area contributed by atoms with Gasteiger partial charge in [0.1, 0.15) is 0 Å². The van der Waals surface area contributed by atoms with Crippen molar-refractivity contribution in [1.29, 1.82) is 0 Å². The molecule has 0 aromatic heterocycles. The molecule has 0 saturated heterocycles. The molecular weight excluding hydrogens is 323 g/mol. The van der Waals surface area contributed by atoms with Gasteiger partial charge in [-0.1, -0.05) is 41.4 Å². The molecule has 0 spiro atoms. The van der Waals surface area contributed by atoms with Crippen molar-refractivity contribution in [2.45, 2.75) is 6.61 Å². The Balaban J connectivity index is 1.97. The Morgan fingerprint density at radius 3 is 2.68 bits per heavy atom. The highest BCUT2D eigenvalue weighted by Crippen LogP contribution is 2.25. The molecule has 2 N–H and O–H groups in total. The summed E-state index contributed by atoms with van der Waals surface area (Å²) in [5.74, 6) is -0.212. The van der Waals surface area contributed by atoms with Gasteiger partial charge in [-0.15, -0.1) is 0 Å². The van der Waals surface area contributed by atoms with Crippen molar-refractivity contribution in [3.63, 3.8) is 0 Å². The predicted octanol–water partition coefficient (Wildman–Crippen LogP) is 4.19. The molecule has 0 saturated carbocycles. The van der Waals surface area contributed by atoms with Gasteiger partial charge in [0, 0.05) is 23.4 Å². The topological polar surface area (TPSA) is 50.4 Å². The first kappa shape index (κ1) is 16.6. The lowest BCUT2D eigenvalue weighted by Gasteiger charge is -2.12. The molecule has 2 rings (SSSR count). The normalized spacial score (nSPS) is 10.3. The van der Waals surface area contributed by atoms with E-state index in [4.69, 9.17) is 27.9 Å². The third-order valence-electron chi connectivity index (χ3n) is 2.96. The van der Waals surface area contributed by atoms with Crippen molar-refractivity contribution >= 4 is 40.5 Å². The lowest BCUT2D eigenvalue weighted by Crippen LogP contribution is -2.22. The minimum atomic E-state index is -0.212. The molecule has 0 atom stereocenters. The number of ether oxygens (including phenoxy) is 1. The number of hydrogen-bond donors (Lipinski definition) is 2. The van der Waals surface area contributed by atoms with Gasteiger partial charge >= 0.3 is 0 Å². The van der Waals surface area contributed by atoms with E-state index in [1.807, 2.05) is 24.3 Å². The van der Waals surface area contributed by atoms with E-state index in [9.17, 15) is 4.79 Å². The van der Waals surface area contributed by atoms with Crippen molar-refractivity contribution in [3.8, 4) is 0 Å². The van der Waals surface area contributed by atoms with Crippen LogP contribution in [0, 0.1) is 0 Å². The summed E-state index contributed by atoms with van der Waals surface area (Å²) in [5.41, 5.74) is 2.33. The number of carbonyl (C=O) groups is 1. The quantitative estimate of drug-likeness (QED) is 0.830. The maximum absolute atomic E-state index is 12.0. The third-order valence-corrected chi connectivity index (χ3v) is 3.52. The smallest absolute Gasteiger partial charge is 0.243 e. The summed E-state index contributed by atoms with van der Waals surface area (Å²) in [6.45, 7) is 0.592. The fraction of sp³-hybridized carbons (Fsp3) is 0.188. The number of anilines is 2. The minimum absolute atomic E-state index is 0.115. The number of halogens is 2. The standard InChI is InChI=1S/C16H16Cl2N2O2/c1-22-10-11-4-2-3-5-14(11)19-9-16(21)20-15-8-12(17)6-7-13(15)18/h2-8,19H,9-10H2,1H3,(H,20,21). The molecule has 0 heterocycles. The van der Waals surface area contributed by atoms with Crippen LogP contribution in [0.5, 0.6) is 0 Å². The highest BCUT2D eigenvalue weighted by atomic mass is 35.5. The van der Waals surface area contributed by atoms with Crippen LogP contribution in [-0.2, 0) is 16.1 Å². The monoisotopic (exact) mass is 338 g/mol. The van der Waals surface area contributed by atoms with Crippen molar-refractivity contribution in [2.24, 2.45) is 0 Å². The van der Waals surface area contributed by atoms with Gasteiger partial charge in [-0.3, -0.25) is 4.79 Å². The maximum atomic E-state index is 12.0. The van der Waals surface area contributed by atoms with Gasteiger partial charge in [-0.05, 0) is 24.3 Å². The Hall–Kier alpha value is -1.75. The predicted molar refractivity (Wildman–Crippen MR) is 90.7 cm³/mol. The Morgan fingerprint density at radius 2 is 1.91 bits per heavy atom. The van der Waals surface area contributed by atoms with Crippen LogP contribution in [0.2, 0.25) is 10.0 Å². The first-order chi connectivity index (χ1) is 10.6. The van der Waals surface area contributed by atoms with E-state index < -0.39 is 0 Å². The number of amides is 1. The molecule has 2 aromatic carbocycles. The lowest BCUT2D eigenvalue weighted by molar-refractivity contribution is -0.114. The molecule has 6 heteroatoms. The number of carbonyl (C=O) groups excluding carboxylic acids is 1. The summed E-state index contributed by atoms with van der Waals surface area (Å²) in [7, 11) is 1.63. The molecule has 0 radical (unpaired) electrons. The summed E-state index contributed by atoms with van der Waals surface area (Å²) in [6.07, 6.45) is 0. The largest absolute Gasteiger partial charge is 0.380 e. The van der Waals surface area contributed by atoms with Crippen LogP contribution >= 0.6 is 23.2 Å². The first-order valence-electron chi connectivity index (χ1n) is 6.66. The van der Waals surface area contributed by atoms with Gasteiger partial charge in [-0.25, -0.2) is 0 Å². The average Bonchev–Trinajstić information content (AvgIpc) is 2.50. The van der Waals surface area contributed by atoms with Crippen molar-refractivity contribution in [2.75, 3.05) is 24.3 Å². The van der Waals surface area contributed by atoms with Gasteiger partial charge < -0.3 is 15.4 Å². The zero-order chi connectivity index (χ0) is 15.9. The summed E-state index contributed by atoms with van der Waals surface area (Å²) in [6, 6.07) is 12.6. The molecular formula is C16H16Cl2N2O2. The molecule has 0 unspecified atom stereocenters. The molecule has 1 amide bonds. The van der Waals surface area contributed by atoms with Crippen LogP contribution in [-0.4, -0.2) is 19.6 Å². The molecule has 0 fully saturated rings. The van der Waals surface area contributed by atoms with Crippen molar-refractivity contribution in [3.05, 3.63) is 58.1 Å². The van der Waals surface area contributed by atoms with E-state index in [0.717, 1.165) is 11.3 Å². The zero-order valence-electron chi connectivity index (χ0n) is 12.0. The summed E-state index contributed by atoms with van der Waals surface area (Å²) in [4.78, 5) is 12.0. The molecule has 0 bridgehead atoms. The molecule has 116 valence electrons. The van der Waals surface area contributed by atoms with Crippen LogP contribution in [0.4, 0.5) is 11.4 Å². The fourth-order valence-electron chi connectivity index (χ4n) is 1.94. The van der Waals surface area contributed by atoms with E-state index in [2.05, 4.69) is 10.6 Å². The average molecular weight is 339 g/mol. The van der Waals surface area contributed by atoms with Crippen LogP contribution in [0.3, 0.4) is 0 Å². The number of nitrogens with one attached hydrogen (secondary N) is 2. The second-order valence-corrected chi connectivity index (χ2v) is 5.46. The maximum Gasteiger partial charge on any atom is 0.243 e. The summed E-state index contributed by atoms with van der Waals surface area (Å²) < 4.78 is 5.13. The van der Waals surface area contributed by atoms with Gasteiger partial charge in [0.2, 0.25) is 5.91 Å². The summed E-state index contributed by atoms with van der Waals surface area (Å²) >= 11 is 11.9. The third kappa shape index (κ3) is 4.63. The Morgan fingerprint density at radius 1 is 1.14 bits per heavy atom. The fourth-order valence-corrected chi connectivity index (χ4v) is 2.27. The minimum Gasteiger partial charge on any atom is -0.380 e. The Bertz CT molecular complexity index is 662. The molecule has 0 aliphatic rings. The first-order valence-corrected chi connectivity index (χ1v) is 7.41. The highest BCUT2D eigenvalue weighted by molar-refractivity contribution is 6.35. The molecule has 2 aromatic rings. The van der Waals surface area contributed by atoms with Crippen LogP contribution in [0.25, 0.3) is 0 Å². The Labute approximate surface area is 139 Å². The number of benzene rings is 2. The van der Waals surface area contributed by atoms with E-state index in [1.54, 1.807) is 25.3 Å². The van der Waals surface area contributed by atoms with E-state index >= 15 is 0 Å². The van der Waals surface area contributed by atoms with Crippen LogP contribution in [0.15, 0.2) is 42.5 Å². The van der Waals surface area contributed by atoms with Gasteiger partial charge in [0.15, 0.2) is 0 Å². The molecule has 0 aliphatic carbocycles. The number of para-hydroxylation sites is 1. The van der Waals surface area contributed by atoms with E-state index in [-0.39, 0.29) is 12.5 Å². The highest BCUT2D eigenvalue weighted by Gasteiger charge is 2.08. The molecule has 0 aliphatic heterocycles. The van der Waals surface area contributed by atoms with Gasteiger partial charge in [0.05, 0.1) is 23.9 Å². The zero-order valence-corrected chi connectivity index (χ0v) is 13.5. The van der Waals surface area contributed by atoms with Gasteiger partial charge in [-0.2, -0.15) is 0 Å². The van der Waals surface area contributed by atoms with E-state index in [0.29, 0.717) is 22.3 Å². The second-order valence-electron chi connectivity index (χ2n) is 4.62. The molecule has 22 heavy (non-hydrogen) atoms. The number of hydrogen-bond acceptors (Lipinski definition) is 3. The molecule has 4 nitrogen and oxygen atoms in total. The van der Waals surface area contributed by atoms with Crippen LogP contribution < -0.4 is 10.6 Å².